The van der Waals surface area contributed by atoms with Crippen LogP contribution in [-0.2, 0) is 0 Å². The summed E-state index contributed by atoms with van der Waals surface area (Å²) in [4.78, 5) is 16.5. The van der Waals surface area contributed by atoms with Crippen molar-refractivity contribution in [2.75, 3.05) is 0 Å². The predicted octanol–water partition coefficient (Wildman–Crippen LogP) is 20.8. The lowest BCUT2D eigenvalue weighted by atomic mass is 9.92. The Morgan fingerprint density at radius 2 is 0.713 bits per heavy atom. The van der Waals surface area contributed by atoms with Crippen LogP contribution in [0.1, 0.15) is 18.2 Å². The van der Waals surface area contributed by atoms with E-state index in [0.717, 1.165) is 112 Å². The Labute approximate surface area is 503 Å². The van der Waals surface area contributed by atoms with Crippen molar-refractivity contribution in [3.63, 3.8) is 0 Å². The van der Waals surface area contributed by atoms with Crippen LogP contribution in [0.15, 0.2) is 309 Å². The summed E-state index contributed by atoms with van der Waals surface area (Å²) in [6.45, 7) is 0. The number of hydrogen-bond donors (Lipinski definition) is 0. The average Bonchev–Trinajstić information content (AvgIpc) is 1.82. The van der Waals surface area contributed by atoms with Crippen LogP contribution in [0, 0.1) is 0 Å². The molecule has 0 saturated heterocycles. The fourth-order valence-electron chi connectivity index (χ4n) is 13.6. The van der Waals surface area contributed by atoms with Gasteiger partial charge in [0.25, 0.3) is 0 Å². The third kappa shape index (κ3) is 8.36. The first-order valence-corrected chi connectivity index (χ1v) is 29.9. The van der Waals surface area contributed by atoms with Crippen molar-refractivity contribution in [2.24, 2.45) is 0 Å². The maximum atomic E-state index is 5.58. The van der Waals surface area contributed by atoms with Crippen molar-refractivity contribution in [3.05, 3.63) is 315 Å². The summed E-state index contributed by atoms with van der Waals surface area (Å²) < 4.78 is 7.51. The first kappa shape index (κ1) is 50.1. The zero-order valence-electron chi connectivity index (χ0n) is 47.4. The van der Waals surface area contributed by atoms with E-state index in [4.69, 9.17) is 15.0 Å². The maximum absolute atomic E-state index is 5.58. The molecular weight excluding hydrogens is 1060 g/mol. The molecule has 1 aliphatic rings. The minimum absolute atomic E-state index is 0.0395. The number of aromatic nitrogens is 6. The number of allylic oxidation sites excluding steroid dienone is 4. The van der Waals surface area contributed by atoms with E-state index in [9.17, 15) is 0 Å². The fourth-order valence-corrected chi connectivity index (χ4v) is 13.6. The molecule has 0 fully saturated rings. The Balaban J connectivity index is 0.964. The van der Waals surface area contributed by atoms with Gasteiger partial charge in [-0.25, -0.2) is 15.0 Å². The summed E-state index contributed by atoms with van der Waals surface area (Å²) in [5.74, 6) is 1.93. The highest BCUT2D eigenvalue weighted by molar-refractivity contribution is 6.32. The second-order valence-corrected chi connectivity index (χ2v) is 22.6. The molecular formula is C81H54N6. The summed E-state index contributed by atoms with van der Waals surface area (Å²) in [6.07, 6.45) is 9.43. The summed E-state index contributed by atoms with van der Waals surface area (Å²) in [6, 6.07) is 103. The van der Waals surface area contributed by atoms with Gasteiger partial charge in [0.2, 0.25) is 0 Å². The van der Waals surface area contributed by atoms with Crippen molar-refractivity contribution >= 4 is 65.4 Å². The lowest BCUT2D eigenvalue weighted by Gasteiger charge is -2.21. The Bertz CT molecular complexity index is 5270. The highest BCUT2D eigenvalue weighted by Crippen LogP contribution is 2.49. The van der Waals surface area contributed by atoms with Gasteiger partial charge in [-0.05, 0) is 119 Å². The van der Waals surface area contributed by atoms with E-state index >= 15 is 0 Å². The van der Waals surface area contributed by atoms with Crippen LogP contribution in [0.3, 0.4) is 0 Å². The quantitative estimate of drug-likeness (QED) is 0.137. The number of rotatable bonds is 10. The van der Waals surface area contributed by atoms with Crippen LogP contribution in [-0.4, -0.2) is 28.7 Å². The normalized spacial score (nSPS) is 13.3. The fraction of sp³-hybridized carbons (Fsp3) is 0.0247. The summed E-state index contributed by atoms with van der Waals surface area (Å²) in [7, 11) is 0. The molecule has 0 amide bonds. The van der Waals surface area contributed by atoms with Crippen molar-refractivity contribution in [1.29, 1.82) is 0 Å². The molecule has 1 aliphatic carbocycles. The van der Waals surface area contributed by atoms with E-state index in [1.165, 1.54) is 38.0 Å². The molecule has 0 bridgehead atoms. The van der Waals surface area contributed by atoms with Crippen molar-refractivity contribution in [1.82, 2.24) is 28.7 Å². The Morgan fingerprint density at radius 3 is 1.21 bits per heavy atom. The molecule has 0 spiro atoms. The zero-order chi connectivity index (χ0) is 57.4. The first-order chi connectivity index (χ1) is 43.2. The molecule has 0 aliphatic heterocycles. The highest BCUT2D eigenvalue weighted by atomic mass is 15.1. The maximum Gasteiger partial charge on any atom is 0.163 e. The van der Waals surface area contributed by atoms with Crippen molar-refractivity contribution in [3.8, 4) is 84.3 Å². The monoisotopic (exact) mass is 1110 g/mol. The molecule has 4 heterocycles. The molecule has 4 aromatic heterocycles. The van der Waals surface area contributed by atoms with Gasteiger partial charge in [-0.15, -0.1) is 0 Å². The minimum atomic E-state index is -0.0395. The predicted molar refractivity (Wildman–Crippen MR) is 361 cm³/mol. The molecule has 16 aromatic rings. The van der Waals surface area contributed by atoms with E-state index < -0.39 is 0 Å². The van der Waals surface area contributed by atoms with Gasteiger partial charge in [-0.3, -0.25) is 0 Å². The van der Waals surface area contributed by atoms with Crippen LogP contribution in [0.25, 0.3) is 150 Å². The first-order valence-electron chi connectivity index (χ1n) is 29.9. The Hall–Kier alpha value is -11.5. The third-order valence-corrected chi connectivity index (χ3v) is 17.5. The minimum Gasteiger partial charge on any atom is -0.309 e. The molecule has 0 saturated carbocycles. The molecule has 6 heteroatoms. The van der Waals surface area contributed by atoms with Gasteiger partial charge < -0.3 is 13.7 Å². The lowest BCUT2D eigenvalue weighted by Crippen LogP contribution is -2.08. The van der Waals surface area contributed by atoms with Crippen LogP contribution < -0.4 is 0 Å². The molecule has 0 radical (unpaired) electrons. The number of benzene rings is 12. The third-order valence-electron chi connectivity index (χ3n) is 17.5. The van der Waals surface area contributed by atoms with Gasteiger partial charge in [-0.1, -0.05) is 231 Å². The number of fused-ring (bicyclic) bond motifs is 11. The van der Waals surface area contributed by atoms with Crippen molar-refractivity contribution < 1.29 is 0 Å². The molecule has 0 N–H and O–H groups in total. The van der Waals surface area contributed by atoms with E-state index in [2.05, 4.69) is 323 Å². The number of nitrogens with zero attached hydrogens (tertiary/aromatic N) is 6. The second kappa shape index (κ2) is 20.7. The average molecular weight is 1110 g/mol. The van der Waals surface area contributed by atoms with E-state index in [0.29, 0.717) is 11.6 Å². The van der Waals surface area contributed by atoms with E-state index in [1.807, 2.05) is 0 Å². The summed E-state index contributed by atoms with van der Waals surface area (Å²) in [5.41, 5.74) is 20.7. The van der Waals surface area contributed by atoms with Gasteiger partial charge >= 0.3 is 0 Å². The van der Waals surface area contributed by atoms with Gasteiger partial charge in [0, 0.05) is 71.9 Å². The molecule has 6 nitrogen and oxygen atoms in total. The van der Waals surface area contributed by atoms with Gasteiger partial charge in [0.15, 0.2) is 11.6 Å². The van der Waals surface area contributed by atoms with E-state index in [-0.39, 0.29) is 5.92 Å². The molecule has 17 rings (SSSR count). The van der Waals surface area contributed by atoms with Crippen LogP contribution in [0.2, 0.25) is 0 Å². The Kier molecular flexibility index (Phi) is 11.9. The number of para-hydroxylation sites is 4. The standard InChI is InChI=1S/C81H54N6/c1-8-26-53(27-9-1)58-48-59(54-28-10-2-11-29-54)50-60(49-58)80-82-79(57-34-16-5-17-35-57)83-81(84-80)61-51-68(55-30-12-3-13-31-55)76(69(52-61)56-32-14-4-15-33-56)87-71-43-25-23-41-67(71)75-73(87)47-45-65-64-44-46-72-74(77(64)86(78(65)75)63-38-20-7-21-39-63)66-40-22-24-42-70(66)85(72)62-36-18-6-19-37-62/h1-34,36-52,57H,35H2/t57-/m1/s1. The van der Waals surface area contributed by atoms with Crippen LogP contribution in [0.5, 0.6) is 0 Å². The molecule has 408 valence electrons. The lowest BCUT2D eigenvalue weighted by molar-refractivity contribution is 0.764. The summed E-state index contributed by atoms with van der Waals surface area (Å²) in [5, 5.41) is 7.17. The number of hydrogen-bond acceptors (Lipinski definition) is 3. The largest absolute Gasteiger partial charge is 0.309 e. The zero-order valence-corrected chi connectivity index (χ0v) is 47.4. The Morgan fingerprint density at radius 1 is 0.299 bits per heavy atom. The molecule has 1 atom stereocenters. The van der Waals surface area contributed by atoms with E-state index in [1.54, 1.807) is 0 Å². The van der Waals surface area contributed by atoms with Gasteiger partial charge in [0.1, 0.15) is 5.82 Å². The molecule has 0 unspecified atom stereocenters. The SMILES string of the molecule is C1=CC[C@H](c2nc(-c3cc(-c4ccccc4)cc(-c4ccccc4)c3)nc(-c3cc(-c4ccccc4)c(-n4c5ccccc5c5c4ccc4c6ccc7c(c8ccccc8n7-c7ccccc7)c6n(-c6ccccc6)c45)c(-c4ccccc4)c3)n2)C=C1. The molecule has 87 heavy (non-hydrogen) atoms. The van der Waals surface area contributed by atoms with Crippen LogP contribution in [0.4, 0.5) is 0 Å². The van der Waals surface area contributed by atoms with Crippen LogP contribution >= 0.6 is 0 Å². The molecule has 12 aromatic carbocycles. The topological polar surface area (TPSA) is 53.5 Å². The van der Waals surface area contributed by atoms with Gasteiger partial charge in [0.05, 0.1) is 38.8 Å². The van der Waals surface area contributed by atoms with Gasteiger partial charge in [-0.2, -0.15) is 0 Å². The smallest absolute Gasteiger partial charge is 0.163 e. The highest BCUT2D eigenvalue weighted by Gasteiger charge is 2.28. The van der Waals surface area contributed by atoms with Crippen molar-refractivity contribution in [2.45, 2.75) is 12.3 Å². The second-order valence-electron chi connectivity index (χ2n) is 22.6. The summed E-state index contributed by atoms with van der Waals surface area (Å²) >= 11 is 0.